The van der Waals surface area contributed by atoms with Crippen molar-refractivity contribution >= 4 is 17.5 Å². The molecule has 0 fully saturated rings. The van der Waals surface area contributed by atoms with Crippen LogP contribution in [0.2, 0.25) is 0 Å². The number of hydrogen-bond acceptors (Lipinski definition) is 2. The predicted octanol–water partition coefficient (Wildman–Crippen LogP) is 1.67. The van der Waals surface area contributed by atoms with E-state index in [1.807, 2.05) is 6.92 Å². The van der Waals surface area contributed by atoms with E-state index in [9.17, 15) is 4.79 Å². The molecule has 0 radical (unpaired) electrons. The van der Waals surface area contributed by atoms with E-state index in [-0.39, 0.29) is 12.5 Å². The number of amides is 1. The second kappa shape index (κ2) is 5.25. The average molecular weight is 206 g/mol. The maximum absolute atomic E-state index is 11.5. The van der Waals surface area contributed by atoms with Crippen molar-refractivity contribution in [1.82, 2.24) is 5.32 Å². The number of nitrogens with one attached hydrogen (secondary N) is 1. The molecule has 0 heterocycles. The monoisotopic (exact) mass is 205 g/mol. The Morgan fingerprint density at radius 2 is 2.23 bits per heavy atom. The Bertz CT molecular complexity index is 200. The minimum atomic E-state index is -0.771. The minimum Gasteiger partial charge on any atom is -0.369 e. The molecule has 76 valence electrons. The van der Waals surface area contributed by atoms with Gasteiger partial charge in [-0.05, 0) is 13.3 Å². The van der Waals surface area contributed by atoms with E-state index in [1.165, 1.54) is 7.11 Å². The highest BCUT2D eigenvalue weighted by molar-refractivity contribution is 6.29. The van der Waals surface area contributed by atoms with Gasteiger partial charge in [0.2, 0.25) is 0 Å². The van der Waals surface area contributed by atoms with Gasteiger partial charge in [-0.1, -0.05) is 25.1 Å². The first-order chi connectivity index (χ1) is 5.96. The van der Waals surface area contributed by atoms with E-state index in [2.05, 4.69) is 11.9 Å². The van der Waals surface area contributed by atoms with Gasteiger partial charge in [-0.15, -0.1) is 0 Å². The molecule has 3 nitrogen and oxygen atoms in total. The lowest BCUT2D eigenvalue weighted by Crippen LogP contribution is -2.45. The molecule has 0 aliphatic heterocycles. The Hall–Kier alpha value is -0.540. The third kappa shape index (κ3) is 3.79. The van der Waals surface area contributed by atoms with Gasteiger partial charge < -0.3 is 10.1 Å². The van der Waals surface area contributed by atoms with E-state index in [0.717, 1.165) is 0 Å². The van der Waals surface area contributed by atoms with Crippen LogP contribution in [0.4, 0.5) is 0 Å². The molecule has 0 bridgehead atoms. The molecule has 0 aliphatic carbocycles. The highest BCUT2D eigenvalue weighted by Gasteiger charge is 2.30. The maximum atomic E-state index is 11.5. The summed E-state index contributed by atoms with van der Waals surface area (Å²) < 4.78 is 5.10. The fraction of sp³-hybridized carbons (Fsp3) is 0.667. The predicted molar refractivity (Wildman–Crippen MR) is 53.7 cm³/mol. The third-order valence-electron chi connectivity index (χ3n) is 2.05. The summed E-state index contributed by atoms with van der Waals surface area (Å²) in [5.41, 5.74) is -0.771. The van der Waals surface area contributed by atoms with Gasteiger partial charge in [0.1, 0.15) is 5.60 Å². The van der Waals surface area contributed by atoms with E-state index in [0.29, 0.717) is 11.5 Å². The Morgan fingerprint density at radius 3 is 2.54 bits per heavy atom. The lowest BCUT2D eigenvalue weighted by molar-refractivity contribution is -0.141. The molecule has 0 rings (SSSR count). The summed E-state index contributed by atoms with van der Waals surface area (Å²) in [4.78, 5) is 11.5. The molecule has 13 heavy (non-hydrogen) atoms. The molecule has 0 aromatic heterocycles. The zero-order valence-electron chi connectivity index (χ0n) is 8.32. The van der Waals surface area contributed by atoms with Crippen LogP contribution in [-0.2, 0) is 9.53 Å². The highest BCUT2D eigenvalue weighted by Crippen LogP contribution is 2.13. The minimum absolute atomic E-state index is 0.167. The SMILES string of the molecule is C=C(Cl)CNC(=O)C(C)(CC)OC. The zero-order chi connectivity index (χ0) is 10.5. The van der Waals surface area contributed by atoms with E-state index < -0.39 is 5.60 Å². The highest BCUT2D eigenvalue weighted by atomic mass is 35.5. The van der Waals surface area contributed by atoms with Crippen molar-refractivity contribution in [2.75, 3.05) is 13.7 Å². The molecule has 4 heteroatoms. The van der Waals surface area contributed by atoms with E-state index >= 15 is 0 Å². The Kier molecular flexibility index (Phi) is 5.03. The maximum Gasteiger partial charge on any atom is 0.252 e. The number of methoxy groups -OCH3 is 1. The van der Waals surface area contributed by atoms with Crippen LogP contribution in [0.25, 0.3) is 0 Å². The van der Waals surface area contributed by atoms with Gasteiger partial charge in [0.05, 0.1) is 6.54 Å². The van der Waals surface area contributed by atoms with Crippen molar-refractivity contribution < 1.29 is 9.53 Å². The summed E-state index contributed by atoms with van der Waals surface area (Å²) in [6.45, 7) is 7.37. The molecule has 0 saturated carbocycles. The molecular formula is C9H16ClNO2. The summed E-state index contributed by atoms with van der Waals surface area (Å²) in [6, 6.07) is 0. The summed E-state index contributed by atoms with van der Waals surface area (Å²) in [5, 5.41) is 3.03. The summed E-state index contributed by atoms with van der Waals surface area (Å²) in [7, 11) is 1.51. The molecule has 0 saturated heterocycles. The van der Waals surface area contributed by atoms with Gasteiger partial charge in [0.25, 0.3) is 5.91 Å². The number of carbonyl (C=O) groups excluding carboxylic acids is 1. The molecule has 0 aromatic rings. The number of carbonyl (C=O) groups is 1. The molecule has 1 unspecified atom stereocenters. The number of hydrogen-bond donors (Lipinski definition) is 1. The van der Waals surface area contributed by atoms with E-state index in [4.69, 9.17) is 16.3 Å². The quantitative estimate of drug-likeness (QED) is 0.742. The molecule has 1 N–H and O–H groups in total. The topological polar surface area (TPSA) is 38.3 Å². The number of halogens is 1. The van der Waals surface area contributed by atoms with Crippen LogP contribution in [0.1, 0.15) is 20.3 Å². The van der Waals surface area contributed by atoms with Crippen molar-refractivity contribution in [2.24, 2.45) is 0 Å². The van der Waals surface area contributed by atoms with Gasteiger partial charge in [0, 0.05) is 12.1 Å². The zero-order valence-corrected chi connectivity index (χ0v) is 9.07. The van der Waals surface area contributed by atoms with Crippen molar-refractivity contribution in [3.8, 4) is 0 Å². The number of rotatable bonds is 5. The normalized spacial score (nSPS) is 14.8. The standard InChI is InChI=1S/C9H16ClNO2/c1-5-9(3,13-4)8(12)11-6-7(2)10/h2,5-6H2,1,3-4H3,(H,11,12). The van der Waals surface area contributed by atoms with Crippen molar-refractivity contribution in [3.63, 3.8) is 0 Å². The lowest BCUT2D eigenvalue weighted by Gasteiger charge is -2.24. The van der Waals surface area contributed by atoms with Gasteiger partial charge in [-0.3, -0.25) is 4.79 Å². The molecule has 1 amide bonds. The fourth-order valence-corrected chi connectivity index (χ4v) is 0.828. The second-order valence-electron chi connectivity index (χ2n) is 2.99. The van der Waals surface area contributed by atoms with Crippen molar-refractivity contribution in [3.05, 3.63) is 11.6 Å². The fourth-order valence-electron chi connectivity index (χ4n) is 0.761. The van der Waals surface area contributed by atoms with Gasteiger partial charge in [-0.25, -0.2) is 0 Å². The van der Waals surface area contributed by atoms with Crippen LogP contribution in [0.3, 0.4) is 0 Å². The average Bonchev–Trinajstić information content (AvgIpc) is 2.12. The molecule has 0 spiro atoms. The van der Waals surface area contributed by atoms with Crippen LogP contribution < -0.4 is 5.32 Å². The van der Waals surface area contributed by atoms with E-state index in [1.54, 1.807) is 6.92 Å². The second-order valence-corrected chi connectivity index (χ2v) is 3.52. The summed E-state index contributed by atoms with van der Waals surface area (Å²) >= 11 is 5.51. The smallest absolute Gasteiger partial charge is 0.252 e. The summed E-state index contributed by atoms with van der Waals surface area (Å²) in [6.07, 6.45) is 0.615. The molecule has 1 atom stereocenters. The number of ether oxygens (including phenoxy) is 1. The molecule has 0 aromatic carbocycles. The first-order valence-corrected chi connectivity index (χ1v) is 4.50. The van der Waals surface area contributed by atoms with Gasteiger partial charge in [-0.2, -0.15) is 0 Å². The van der Waals surface area contributed by atoms with Crippen molar-refractivity contribution in [2.45, 2.75) is 25.9 Å². The van der Waals surface area contributed by atoms with Crippen molar-refractivity contribution in [1.29, 1.82) is 0 Å². The van der Waals surface area contributed by atoms with Crippen LogP contribution in [-0.4, -0.2) is 25.2 Å². The van der Waals surface area contributed by atoms with Crippen LogP contribution >= 0.6 is 11.6 Å². The van der Waals surface area contributed by atoms with Gasteiger partial charge >= 0.3 is 0 Å². The largest absolute Gasteiger partial charge is 0.369 e. The molecular weight excluding hydrogens is 190 g/mol. The van der Waals surface area contributed by atoms with Gasteiger partial charge in [0.15, 0.2) is 0 Å². The summed E-state index contributed by atoms with van der Waals surface area (Å²) in [5.74, 6) is -0.167. The Balaban J connectivity index is 4.15. The first kappa shape index (κ1) is 12.5. The third-order valence-corrected chi connectivity index (χ3v) is 2.18. The van der Waals surface area contributed by atoms with Crippen LogP contribution in [0.5, 0.6) is 0 Å². The van der Waals surface area contributed by atoms with Crippen LogP contribution in [0, 0.1) is 0 Å². The first-order valence-electron chi connectivity index (χ1n) is 4.13. The Morgan fingerprint density at radius 1 is 1.69 bits per heavy atom. The Labute approximate surface area is 84.1 Å². The van der Waals surface area contributed by atoms with Crippen LogP contribution in [0.15, 0.2) is 11.6 Å². The lowest BCUT2D eigenvalue weighted by atomic mass is 10.0. The molecule has 0 aliphatic rings.